The van der Waals surface area contributed by atoms with Crippen LogP contribution in [0.3, 0.4) is 0 Å². The van der Waals surface area contributed by atoms with E-state index in [0.717, 1.165) is 18.0 Å². The molecule has 3 unspecified atom stereocenters. The van der Waals surface area contributed by atoms with Crippen molar-refractivity contribution in [3.8, 4) is 0 Å². The van der Waals surface area contributed by atoms with Crippen molar-refractivity contribution < 1.29 is 0 Å². The van der Waals surface area contributed by atoms with Crippen LogP contribution in [-0.4, -0.2) is 55.7 Å². The van der Waals surface area contributed by atoms with Crippen LogP contribution in [0.1, 0.15) is 52.9 Å². The van der Waals surface area contributed by atoms with Gasteiger partial charge in [-0.1, -0.05) is 20.3 Å². The minimum Gasteiger partial charge on any atom is -0.394 e. The second-order valence-corrected chi connectivity index (χ2v) is 9.18. The summed E-state index contributed by atoms with van der Waals surface area (Å²) in [5.41, 5.74) is 7.51. The first-order chi connectivity index (χ1) is 13.8. The van der Waals surface area contributed by atoms with Gasteiger partial charge in [0.2, 0.25) is 0 Å². The fraction of sp³-hybridized carbons (Fsp3) is 0.739. The maximum Gasteiger partial charge on any atom is 0.118 e. The Morgan fingerprint density at radius 1 is 1.24 bits per heavy atom. The van der Waals surface area contributed by atoms with E-state index in [9.17, 15) is 0 Å². The van der Waals surface area contributed by atoms with Crippen LogP contribution in [0.2, 0.25) is 0 Å². The first kappa shape index (κ1) is 23.6. The fourth-order valence-electron chi connectivity index (χ4n) is 4.70. The Bertz CT molecular complexity index is 613. The second kappa shape index (κ2) is 10.9. The maximum absolute atomic E-state index is 8.15. The molecule has 1 aliphatic heterocycles. The lowest BCUT2D eigenvalue weighted by molar-refractivity contribution is 0.143. The van der Waals surface area contributed by atoms with Crippen molar-refractivity contribution in [1.29, 1.82) is 10.8 Å². The van der Waals surface area contributed by atoms with Gasteiger partial charge in [-0.05, 0) is 75.1 Å². The highest BCUT2D eigenvalue weighted by Gasteiger charge is 2.54. The van der Waals surface area contributed by atoms with Gasteiger partial charge in [-0.15, -0.1) is 0 Å². The lowest BCUT2D eigenvalue weighted by Gasteiger charge is -2.34. The number of nitrogens with one attached hydrogen (secondary N) is 4. The normalized spacial score (nSPS) is 23.8. The lowest BCUT2D eigenvalue weighted by atomic mass is 9.90. The second-order valence-electron chi connectivity index (χ2n) is 9.18. The van der Waals surface area contributed by atoms with E-state index in [1.807, 2.05) is 6.92 Å². The molecule has 6 heteroatoms. The summed E-state index contributed by atoms with van der Waals surface area (Å²) in [4.78, 5) is 2.65. The smallest absolute Gasteiger partial charge is 0.118 e. The van der Waals surface area contributed by atoms with Gasteiger partial charge in [-0.2, -0.15) is 0 Å². The summed E-state index contributed by atoms with van der Waals surface area (Å²) in [5, 5.41) is 22.5. The number of likely N-dealkylation sites (tertiary alicyclic amines) is 1. The van der Waals surface area contributed by atoms with Crippen molar-refractivity contribution in [2.75, 3.05) is 33.2 Å². The van der Waals surface area contributed by atoms with Gasteiger partial charge in [0.1, 0.15) is 5.84 Å². The van der Waals surface area contributed by atoms with Crippen LogP contribution in [0.25, 0.3) is 0 Å². The molecule has 1 saturated heterocycles. The summed E-state index contributed by atoms with van der Waals surface area (Å²) in [6.07, 6.45) is 11.6. The third-order valence-corrected chi connectivity index (χ3v) is 6.62. The monoisotopic (exact) mass is 402 g/mol. The van der Waals surface area contributed by atoms with E-state index in [-0.39, 0.29) is 6.04 Å². The maximum atomic E-state index is 8.15. The zero-order valence-corrected chi connectivity index (χ0v) is 18.9. The molecule has 1 aliphatic carbocycles. The number of nitrogens with zero attached hydrogens (tertiary/aromatic N) is 1. The molecule has 6 N–H and O–H groups in total. The number of hydrogen-bond donors (Lipinski definition) is 5. The van der Waals surface area contributed by atoms with Crippen LogP contribution < -0.4 is 16.4 Å². The molecule has 29 heavy (non-hydrogen) atoms. The van der Waals surface area contributed by atoms with Crippen molar-refractivity contribution in [2.24, 2.45) is 23.0 Å². The molecule has 0 bridgehead atoms. The SMILES string of the molecule is CCCC(C)CN1CCC2(CC1)CC2CNC(=N)/C=C\C(=N)/C(=C/NC)C(C)N. The Balaban J connectivity index is 1.71. The molecule has 3 atom stereocenters. The lowest BCUT2D eigenvalue weighted by Crippen LogP contribution is -2.38. The van der Waals surface area contributed by atoms with Gasteiger partial charge in [-0.3, -0.25) is 5.41 Å². The number of hydrogen-bond acceptors (Lipinski definition) is 5. The van der Waals surface area contributed by atoms with Gasteiger partial charge in [0.25, 0.3) is 0 Å². The highest BCUT2D eigenvalue weighted by Crippen LogP contribution is 2.59. The largest absolute Gasteiger partial charge is 0.394 e. The van der Waals surface area contributed by atoms with Crippen LogP contribution in [0, 0.1) is 28.1 Å². The molecule has 0 aromatic carbocycles. The van der Waals surface area contributed by atoms with E-state index in [1.54, 1.807) is 25.4 Å². The highest BCUT2D eigenvalue weighted by molar-refractivity contribution is 6.09. The molecule has 1 heterocycles. The van der Waals surface area contributed by atoms with E-state index in [2.05, 4.69) is 29.4 Å². The third-order valence-electron chi connectivity index (χ3n) is 6.62. The molecule has 164 valence electrons. The predicted molar refractivity (Wildman–Crippen MR) is 124 cm³/mol. The van der Waals surface area contributed by atoms with Crippen molar-refractivity contribution in [3.63, 3.8) is 0 Å². The summed E-state index contributed by atoms with van der Waals surface area (Å²) in [7, 11) is 1.80. The molecule has 0 amide bonds. The number of amidine groups is 1. The molecule has 0 aromatic heterocycles. The molecule has 0 aromatic rings. The van der Waals surface area contributed by atoms with Crippen LogP contribution in [0.4, 0.5) is 0 Å². The molecule has 2 aliphatic rings. The molecule has 2 fully saturated rings. The average molecular weight is 403 g/mol. The van der Waals surface area contributed by atoms with E-state index in [1.165, 1.54) is 51.7 Å². The van der Waals surface area contributed by atoms with Crippen molar-refractivity contribution in [2.45, 2.75) is 58.9 Å². The Labute approximate surface area is 177 Å². The predicted octanol–water partition coefficient (Wildman–Crippen LogP) is 3.12. The van der Waals surface area contributed by atoms with E-state index in [0.29, 0.717) is 22.9 Å². The number of nitrogens with two attached hydrogens (primary N) is 1. The van der Waals surface area contributed by atoms with Gasteiger partial charge in [0.05, 0.1) is 5.71 Å². The van der Waals surface area contributed by atoms with Crippen LogP contribution >= 0.6 is 0 Å². The van der Waals surface area contributed by atoms with Gasteiger partial charge >= 0.3 is 0 Å². The Morgan fingerprint density at radius 2 is 1.93 bits per heavy atom. The molecule has 6 nitrogen and oxygen atoms in total. The highest BCUT2D eigenvalue weighted by atomic mass is 15.1. The number of piperidine rings is 1. The van der Waals surface area contributed by atoms with E-state index < -0.39 is 0 Å². The topological polar surface area (TPSA) is 101 Å². The summed E-state index contributed by atoms with van der Waals surface area (Å²) in [5.74, 6) is 1.87. The first-order valence-electron chi connectivity index (χ1n) is 11.3. The number of rotatable bonds is 11. The molecular formula is C23H42N6. The zero-order chi connectivity index (χ0) is 21.4. The van der Waals surface area contributed by atoms with Gasteiger partial charge in [0.15, 0.2) is 0 Å². The average Bonchev–Trinajstić information content (AvgIpc) is 3.36. The fourth-order valence-corrected chi connectivity index (χ4v) is 4.70. The van der Waals surface area contributed by atoms with Crippen molar-refractivity contribution in [3.05, 3.63) is 23.9 Å². The van der Waals surface area contributed by atoms with E-state index in [4.69, 9.17) is 16.6 Å². The van der Waals surface area contributed by atoms with Crippen LogP contribution in [-0.2, 0) is 0 Å². The molecule has 0 radical (unpaired) electrons. The summed E-state index contributed by atoms with van der Waals surface area (Å²) >= 11 is 0. The van der Waals surface area contributed by atoms with E-state index >= 15 is 0 Å². The minimum atomic E-state index is -0.219. The Morgan fingerprint density at radius 3 is 2.52 bits per heavy atom. The standard InChI is InChI=1S/C23H42N6/c1-5-6-17(2)16-29-11-9-23(10-12-29)13-19(23)14-28-22(26)8-7-21(25)20(15-27-4)18(3)24/h7-8,15,17-19,25,27H,5-6,9-14,16,24H2,1-4H3,(H2,26,28)/b8-7-,20-15+,25-21?. The van der Waals surface area contributed by atoms with Crippen molar-refractivity contribution >= 4 is 11.5 Å². The third kappa shape index (κ3) is 6.96. The van der Waals surface area contributed by atoms with Gasteiger partial charge in [-0.25, -0.2) is 0 Å². The molecular weight excluding hydrogens is 360 g/mol. The molecule has 1 saturated carbocycles. The molecule has 2 rings (SSSR count). The summed E-state index contributed by atoms with van der Waals surface area (Å²) in [6, 6.07) is -0.219. The Kier molecular flexibility index (Phi) is 8.90. The quantitative estimate of drug-likeness (QED) is 0.271. The molecule has 1 spiro atoms. The van der Waals surface area contributed by atoms with Crippen molar-refractivity contribution in [1.82, 2.24) is 15.5 Å². The first-order valence-corrected chi connectivity index (χ1v) is 11.3. The zero-order valence-electron chi connectivity index (χ0n) is 18.9. The summed E-state index contributed by atoms with van der Waals surface area (Å²) in [6.45, 7) is 11.1. The Hall–Kier alpha value is -1.66. The van der Waals surface area contributed by atoms with Gasteiger partial charge in [0, 0.05) is 38.0 Å². The van der Waals surface area contributed by atoms with Crippen LogP contribution in [0.5, 0.6) is 0 Å². The summed E-state index contributed by atoms with van der Waals surface area (Å²) < 4.78 is 0. The van der Waals surface area contributed by atoms with Crippen LogP contribution in [0.15, 0.2) is 23.9 Å². The number of allylic oxidation sites excluding steroid dienone is 1. The minimum absolute atomic E-state index is 0.219. The van der Waals surface area contributed by atoms with Gasteiger partial charge < -0.3 is 26.7 Å².